The summed E-state index contributed by atoms with van der Waals surface area (Å²) in [6.45, 7) is 0. The van der Waals surface area contributed by atoms with Crippen molar-refractivity contribution in [2.45, 2.75) is 17.8 Å². The molecule has 0 aromatic carbocycles. The van der Waals surface area contributed by atoms with Crippen molar-refractivity contribution >= 4 is 52.4 Å². The third kappa shape index (κ3) is 3.48. The van der Waals surface area contributed by atoms with Crippen LogP contribution >= 0.6 is 23.1 Å². The largest absolute Gasteiger partial charge is 0.477 e. The highest BCUT2D eigenvalue weighted by Crippen LogP contribution is 2.43. The number of aromatic nitrogens is 2. The molecule has 12 heteroatoms. The van der Waals surface area contributed by atoms with Crippen molar-refractivity contribution < 1.29 is 29.0 Å². The van der Waals surface area contributed by atoms with Gasteiger partial charge in [-0.25, -0.2) is 9.59 Å². The van der Waals surface area contributed by atoms with E-state index in [1.807, 2.05) is 17.5 Å². The van der Waals surface area contributed by atoms with Gasteiger partial charge in [-0.15, -0.1) is 23.1 Å². The zero-order chi connectivity index (χ0) is 21.4. The summed E-state index contributed by atoms with van der Waals surface area (Å²) >= 11 is 2.77. The van der Waals surface area contributed by atoms with Crippen LogP contribution in [0.25, 0.3) is 5.57 Å². The van der Waals surface area contributed by atoms with Gasteiger partial charge in [-0.1, -0.05) is 6.07 Å². The fourth-order valence-electron chi connectivity index (χ4n) is 3.30. The fraction of sp³-hybridized carbons (Fsp3) is 0.278. The normalized spacial score (nSPS) is 20.4. The lowest BCUT2D eigenvalue weighted by atomic mass is 10.0. The number of methoxy groups -OCH3 is 1. The van der Waals surface area contributed by atoms with Crippen LogP contribution in [-0.2, 0) is 25.5 Å². The number of thioether (sulfide) groups is 1. The monoisotopic (exact) mass is 448 g/mol. The summed E-state index contributed by atoms with van der Waals surface area (Å²) < 4.78 is 4.61. The molecule has 156 valence electrons. The van der Waals surface area contributed by atoms with Crippen LogP contribution in [0.2, 0.25) is 0 Å². The van der Waals surface area contributed by atoms with E-state index >= 15 is 0 Å². The molecule has 2 aliphatic heterocycles. The number of thiophene rings is 1. The van der Waals surface area contributed by atoms with Gasteiger partial charge in [0.2, 0.25) is 5.91 Å². The second-order valence-electron chi connectivity index (χ2n) is 6.50. The van der Waals surface area contributed by atoms with E-state index in [9.17, 15) is 24.3 Å². The van der Waals surface area contributed by atoms with Gasteiger partial charge < -0.3 is 15.2 Å². The maximum atomic E-state index is 12.7. The Morgan fingerprint density at radius 1 is 1.43 bits per heavy atom. The summed E-state index contributed by atoms with van der Waals surface area (Å²) in [6.07, 6.45) is 0.162. The van der Waals surface area contributed by atoms with Crippen LogP contribution in [0.5, 0.6) is 0 Å². The highest BCUT2D eigenvalue weighted by atomic mass is 32.2. The number of nitrogens with zero attached hydrogens (tertiary/aromatic N) is 2. The molecule has 0 radical (unpaired) electrons. The summed E-state index contributed by atoms with van der Waals surface area (Å²) in [5.74, 6) is -2.46. The van der Waals surface area contributed by atoms with E-state index in [2.05, 4.69) is 20.3 Å². The number of carboxylic acid groups (broad SMARTS) is 1. The minimum atomic E-state index is -1.28. The van der Waals surface area contributed by atoms with Crippen LogP contribution < -0.4 is 5.32 Å². The molecule has 0 aliphatic carbocycles. The van der Waals surface area contributed by atoms with Crippen LogP contribution in [-0.4, -0.2) is 68.2 Å². The molecule has 0 unspecified atom stereocenters. The quantitative estimate of drug-likeness (QED) is 0.433. The van der Waals surface area contributed by atoms with Crippen LogP contribution in [0.3, 0.4) is 0 Å². The highest BCUT2D eigenvalue weighted by Gasteiger charge is 2.54. The van der Waals surface area contributed by atoms with Gasteiger partial charge in [0.25, 0.3) is 5.91 Å². The average molecular weight is 448 g/mol. The summed E-state index contributed by atoms with van der Waals surface area (Å²) in [6, 6.07) is 4.27. The zero-order valence-corrected chi connectivity index (χ0v) is 17.2. The molecule has 3 N–H and O–H groups in total. The Hall–Kier alpha value is -3.12. The van der Waals surface area contributed by atoms with Crippen molar-refractivity contribution in [3.63, 3.8) is 0 Å². The van der Waals surface area contributed by atoms with Gasteiger partial charge in [-0.05, 0) is 17.5 Å². The number of nitrogens with one attached hydrogen (secondary N) is 2. The maximum absolute atomic E-state index is 12.7. The Morgan fingerprint density at radius 2 is 2.23 bits per heavy atom. The minimum Gasteiger partial charge on any atom is -0.477 e. The molecule has 2 atom stereocenters. The van der Waals surface area contributed by atoms with Gasteiger partial charge in [0.1, 0.15) is 22.8 Å². The minimum absolute atomic E-state index is 0.0746. The molecule has 1 saturated heterocycles. The predicted octanol–water partition coefficient (Wildman–Crippen LogP) is 0.696. The Kier molecular flexibility index (Phi) is 5.35. The first kappa shape index (κ1) is 20.2. The number of carbonyl (C=O) groups is 4. The lowest BCUT2D eigenvalue weighted by Crippen LogP contribution is -2.70. The second-order valence-corrected chi connectivity index (χ2v) is 8.64. The first-order valence-electron chi connectivity index (χ1n) is 8.77. The predicted molar refractivity (Wildman–Crippen MR) is 108 cm³/mol. The second kappa shape index (κ2) is 7.95. The van der Waals surface area contributed by atoms with E-state index in [0.29, 0.717) is 5.57 Å². The standard InChI is InChI=1S/C18H16N4O6S2/c1-28-18(27)11-6-10(20-21-11)9-7-30-16-13(15(24)22(16)14(9)17(25)26)19-12(23)5-8-3-2-4-29-8/h2-4,6,13,16H,5,7H2,1H3,(H,19,23)(H,20,21)(H,25,26)/t13-,16+/m1/s1. The number of rotatable bonds is 6. The number of aliphatic carboxylic acids is 1. The molecular formula is C18H16N4O6S2. The first-order chi connectivity index (χ1) is 14.4. The van der Waals surface area contributed by atoms with Crippen molar-refractivity contribution in [2.75, 3.05) is 12.9 Å². The van der Waals surface area contributed by atoms with Gasteiger partial charge in [0, 0.05) is 16.2 Å². The number of carbonyl (C=O) groups excluding carboxylic acids is 3. The first-order valence-corrected chi connectivity index (χ1v) is 10.7. The Balaban J connectivity index is 1.54. The van der Waals surface area contributed by atoms with E-state index in [-0.39, 0.29) is 35.2 Å². The van der Waals surface area contributed by atoms with E-state index < -0.39 is 29.3 Å². The number of amides is 2. The third-order valence-corrected chi connectivity index (χ3v) is 6.85. The molecule has 4 heterocycles. The van der Waals surface area contributed by atoms with E-state index in [4.69, 9.17) is 0 Å². The zero-order valence-electron chi connectivity index (χ0n) is 15.6. The van der Waals surface area contributed by atoms with Gasteiger partial charge >= 0.3 is 11.9 Å². The fourth-order valence-corrected chi connectivity index (χ4v) is 5.36. The van der Waals surface area contributed by atoms with Crippen LogP contribution in [0.1, 0.15) is 21.1 Å². The van der Waals surface area contributed by atoms with Crippen molar-refractivity contribution in [1.29, 1.82) is 0 Å². The molecule has 0 saturated carbocycles. The van der Waals surface area contributed by atoms with Gasteiger partial charge in [0.15, 0.2) is 0 Å². The molecule has 30 heavy (non-hydrogen) atoms. The Morgan fingerprint density at radius 3 is 2.90 bits per heavy atom. The number of hydrogen-bond donors (Lipinski definition) is 3. The maximum Gasteiger partial charge on any atom is 0.356 e. The van der Waals surface area contributed by atoms with Gasteiger partial charge in [-0.2, -0.15) is 5.10 Å². The topological polar surface area (TPSA) is 142 Å². The lowest BCUT2D eigenvalue weighted by Gasteiger charge is -2.49. The molecule has 2 aliphatic rings. The highest BCUT2D eigenvalue weighted by molar-refractivity contribution is 8.00. The smallest absolute Gasteiger partial charge is 0.356 e. The van der Waals surface area contributed by atoms with E-state index in [0.717, 1.165) is 9.78 Å². The third-order valence-electron chi connectivity index (χ3n) is 4.69. The average Bonchev–Trinajstić information content (AvgIpc) is 3.42. The summed E-state index contributed by atoms with van der Waals surface area (Å²) in [4.78, 5) is 50.5. The van der Waals surface area contributed by atoms with Gasteiger partial charge in [-0.3, -0.25) is 19.6 Å². The van der Waals surface area contributed by atoms with Crippen molar-refractivity contribution in [3.05, 3.63) is 45.5 Å². The van der Waals surface area contributed by atoms with Crippen molar-refractivity contribution in [2.24, 2.45) is 0 Å². The Bertz CT molecular complexity index is 1060. The number of aromatic amines is 1. The molecule has 1 fully saturated rings. The Labute approximate surface area is 178 Å². The molecule has 2 amide bonds. The molecule has 2 aromatic heterocycles. The SMILES string of the molecule is COC(=O)c1cc(C2=C(C(=O)O)N3C(=O)[C@@H](NC(=O)Cc4cccs4)[C@@H]3SC2)n[nH]1. The molecule has 2 aromatic rings. The van der Waals surface area contributed by atoms with Crippen LogP contribution in [0.15, 0.2) is 29.3 Å². The van der Waals surface area contributed by atoms with E-state index in [1.165, 1.54) is 36.3 Å². The number of ether oxygens (including phenoxy) is 1. The van der Waals surface area contributed by atoms with Gasteiger partial charge in [0.05, 0.1) is 19.2 Å². The molecule has 0 spiro atoms. The number of esters is 1. The number of carboxylic acids is 1. The molecule has 10 nitrogen and oxygen atoms in total. The summed E-state index contributed by atoms with van der Waals surface area (Å²) in [5.41, 5.74) is 0.435. The van der Waals surface area contributed by atoms with Crippen LogP contribution in [0.4, 0.5) is 0 Å². The number of hydrogen-bond acceptors (Lipinski definition) is 8. The lowest BCUT2D eigenvalue weighted by molar-refractivity contribution is -0.150. The summed E-state index contributed by atoms with van der Waals surface area (Å²) in [5, 5.41) is 20.3. The summed E-state index contributed by atoms with van der Waals surface area (Å²) in [7, 11) is 1.22. The number of H-pyrrole nitrogens is 1. The van der Waals surface area contributed by atoms with Crippen molar-refractivity contribution in [3.8, 4) is 0 Å². The molecule has 0 bridgehead atoms. The van der Waals surface area contributed by atoms with E-state index in [1.54, 1.807) is 0 Å². The molecular weight excluding hydrogens is 432 g/mol. The molecule has 4 rings (SSSR count). The number of β-lactam (4-membered cyclic amide) rings is 1. The van der Waals surface area contributed by atoms with Crippen LogP contribution in [0, 0.1) is 0 Å². The number of fused-ring (bicyclic) bond motifs is 1. The van der Waals surface area contributed by atoms with Crippen molar-refractivity contribution in [1.82, 2.24) is 20.4 Å².